The van der Waals surface area contributed by atoms with Crippen LogP contribution >= 0.6 is 0 Å². The van der Waals surface area contributed by atoms with Gasteiger partial charge in [-0.25, -0.2) is 4.39 Å². The summed E-state index contributed by atoms with van der Waals surface area (Å²) in [5.41, 5.74) is 5.37. The van der Waals surface area contributed by atoms with Crippen molar-refractivity contribution in [1.82, 2.24) is 0 Å². The maximum absolute atomic E-state index is 12.8. The number of nitrogens with two attached hydrogens (primary N) is 1. The first-order valence-corrected chi connectivity index (χ1v) is 7.40. The number of carbonyl (C=O) groups excluding carboxylic acids is 1. The predicted molar refractivity (Wildman–Crippen MR) is 77.4 cm³/mol. The van der Waals surface area contributed by atoms with E-state index in [0.29, 0.717) is 31.8 Å². The minimum absolute atomic E-state index is 0.0667. The third-order valence-corrected chi connectivity index (χ3v) is 4.08. The Morgan fingerprint density at radius 1 is 1.43 bits per heavy atom. The predicted octanol–water partition coefficient (Wildman–Crippen LogP) is 2.66. The molecule has 4 nitrogen and oxygen atoms in total. The number of hydrogen-bond acceptors (Lipinski definition) is 4. The first-order valence-electron chi connectivity index (χ1n) is 7.40. The highest BCUT2D eigenvalue weighted by Gasteiger charge is 2.46. The van der Waals surface area contributed by atoms with Crippen LogP contribution in [-0.4, -0.2) is 24.7 Å². The van der Waals surface area contributed by atoms with Crippen molar-refractivity contribution in [3.05, 3.63) is 30.1 Å². The van der Waals surface area contributed by atoms with Gasteiger partial charge in [0.1, 0.15) is 17.1 Å². The molecular weight excluding hydrogens is 273 g/mol. The summed E-state index contributed by atoms with van der Waals surface area (Å²) in [6.07, 6.45) is 3.18. The molecule has 0 heterocycles. The summed E-state index contributed by atoms with van der Waals surface area (Å²) < 4.78 is 23.5. The van der Waals surface area contributed by atoms with Crippen LogP contribution in [0.25, 0.3) is 0 Å². The van der Waals surface area contributed by atoms with Crippen LogP contribution in [0.5, 0.6) is 5.75 Å². The number of hydrogen-bond donors (Lipinski definition) is 1. The Labute approximate surface area is 124 Å². The molecule has 2 atom stereocenters. The van der Waals surface area contributed by atoms with E-state index in [2.05, 4.69) is 0 Å². The molecule has 1 aliphatic rings. The molecule has 1 aliphatic carbocycles. The average molecular weight is 295 g/mol. The molecule has 2 rings (SSSR count). The summed E-state index contributed by atoms with van der Waals surface area (Å²) in [6, 6.07) is 5.89. The zero-order valence-electron chi connectivity index (χ0n) is 12.3. The molecule has 0 saturated heterocycles. The van der Waals surface area contributed by atoms with Gasteiger partial charge in [0.05, 0.1) is 13.2 Å². The van der Waals surface area contributed by atoms with Gasteiger partial charge in [-0.2, -0.15) is 0 Å². The van der Waals surface area contributed by atoms with Crippen molar-refractivity contribution in [2.75, 3.05) is 13.2 Å². The molecule has 1 aromatic carbocycles. The quantitative estimate of drug-likeness (QED) is 0.820. The van der Waals surface area contributed by atoms with Gasteiger partial charge in [0.25, 0.3) is 0 Å². The fraction of sp³-hybridized carbons (Fsp3) is 0.562. The summed E-state index contributed by atoms with van der Waals surface area (Å²) in [5.74, 6) is 0.0841. The molecule has 5 heteroatoms. The number of benzene rings is 1. The van der Waals surface area contributed by atoms with Gasteiger partial charge in [-0.3, -0.25) is 4.79 Å². The van der Waals surface area contributed by atoms with Gasteiger partial charge >= 0.3 is 5.97 Å². The largest absolute Gasteiger partial charge is 0.494 e. The smallest absolute Gasteiger partial charge is 0.326 e. The lowest BCUT2D eigenvalue weighted by Crippen LogP contribution is -2.52. The van der Waals surface area contributed by atoms with Crippen molar-refractivity contribution < 1.29 is 18.7 Å². The fourth-order valence-corrected chi connectivity index (χ4v) is 2.89. The van der Waals surface area contributed by atoms with E-state index in [1.807, 2.05) is 0 Å². The van der Waals surface area contributed by atoms with E-state index in [0.717, 1.165) is 12.8 Å². The molecule has 0 aromatic heterocycles. The Morgan fingerprint density at radius 2 is 2.14 bits per heavy atom. The molecule has 0 amide bonds. The molecule has 0 bridgehead atoms. The van der Waals surface area contributed by atoms with Gasteiger partial charge < -0.3 is 15.2 Å². The van der Waals surface area contributed by atoms with Gasteiger partial charge in [0.2, 0.25) is 0 Å². The number of ether oxygens (including phenoxy) is 2. The van der Waals surface area contributed by atoms with E-state index in [1.54, 1.807) is 19.1 Å². The lowest BCUT2D eigenvalue weighted by atomic mass is 9.86. The maximum atomic E-state index is 12.8. The third-order valence-electron chi connectivity index (χ3n) is 4.08. The Balaban J connectivity index is 1.87. The number of esters is 1. The van der Waals surface area contributed by atoms with E-state index in [-0.39, 0.29) is 17.7 Å². The van der Waals surface area contributed by atoms with Gasteiger partial charge in [-0.05, 0) is 56.4 Å². The van der Waals surface area contributed by atoms with Crippen molar-refractivity contribution in [1.29, 1.82) is 0 Å². The second-order valence-corrected chi connectivity index (χ2v) is 5.44. The van der Waals surface area contributed by atoms with E-state index >= 15 is 0 Å². The van der Waals surface area contributed by atoms with Gasteiger partial charge in [-0.15, -0.1) is 0 Å². The maximum Gasteiger partial charge on any atom is 0.326 e. The monoisotopic (exact) mass is 295 g/mol. The first-order chi connectivity index (χ1) is 10.1. The Hall–Kier alpha value is -1.62. The van der Waals surface area contributed by atoms with Crippen molar-refractivity contribution in [2.45, 2.75) is 38.1 Å². The summed E-state index contributed by atoms with van der Waals surface area (Å²) in [4.78, 5) is 12.0. The summed E-state index contributed by atoms with van der Waals surface area (Å²) in [6.45, 7) is 2.58. The summed E-state index contributed by atoms with van der Waals surface area (Å²) in [5, 5.41) is 0. The minimum atomic E-state index is -0.887. The van der Waals surface area contributed by atoms with E-state index in [4.69, 9.17) is 15.2 Å². The Bertz CT molecular complexity index is 477. The van der Waals surface area contributed by atoms with Crippen LogP contribution in [0, 0.1) is 11.7 Å². The molecule has 116 valence electrons. The molecule has 2 N–H and O–H groups in total. The highest BCUT2D eigenvalue weighted by Crippen LogP contribution is 2.37. The molecule has 0 radical (unpaired) electrons. The van der Waals surface area contributed by atoms with Crippen LogP contribution < -0.4 is 10.5 Å². The van der Waals surface area contributed by atoms with E-state index in [1.165, 1.54) is 12.1 Å². The van der Waals surface area contributed by atoms with Crippen LogP contribution in [0.2, 0.25) is 0 Å². The van der Waals surface area contributed by atoms with Crippen molar-refractivity contribution in [3.8, 4) is 5.75 Å². The Kier molecular flexibility index (Phi) is 5.17. The van der Waals surface area contributed by atoms with E-state index < -0.39 is 5.54 Å². The van der Waals surface area contributed by atoms with Crippen LogP contribution in [-0.2, 0) is 9.53 Å². The lowest BCUT2D eigenvalue weighted by molar-refractivity contribution is -0.151. The van der Waals surface area contributed by atoms with E-state index in [9.17, 15) is 9.18 Å². The van der Waals surface area contributed by atoms with Crippen molar-refractivity contribution in [2.24, 2.45) is 11.7 Å². The molecule has 1 fully saturated rings. The zero-order valence-corrected chi connectivity index (χ0v) is 12.3. The average Bonchev–Trinajstić information content (AvgIpc) is 2.84. The highest BCUT2D eigenvalue weighted by atomic mass is 19.1. The second kappa shape index (κ2) is 6.89. The topological polar surface area (TPSA) is 61.5 Å². The first kappa shape index (κ1) is 15.8. The standard InChI is InChI=1S/C16H22FNO3/c1-2-20-15(19)16(18)10-3-4-12(16)9-11-21-14-7-5-13(17)6-8-14/h5-8,12H,2-4,9-11,18H2,1H3. The molecular formula is C16H22FNO3. The number of halogens is 1. The van der Waals surface area contributed by atoms with Gasteiger partial charge in [0.15, 0.2) is 0 Å². The van der Waals surface area contributed by atoms with Crippen LogP contribution in [0.1, 0.15) is 32.6 Å². The summed E-state index contributed by atoms with van der Waals surface area (Å²) >= 11 is 0. The molecule has 1 saturated carbocycles. The molecule has 2 unspecified atom stereocenters. The third kappa shape index (κ3) is 3.73. The molecule has 21 heavy (non-hydrogen) atoms. The van der Waals surface area contributed by atoms with Crippen LogP contribution in [0.15, 0.2) is 24.3 Å². The number of carbonyl (C=O) groups is 1. The van der Waals surface area contributed by atoms with Crippen molar-refractivity contribution in [3.63, 3.8) is 0 Å². The Morgan fingerprint density at radius 3 is 2.81 bits per heavy atom. The van der Waals surface area contributed by atoms with Gasteiger partial charge in [0, 0.05) is 0 Å². The SMILES string of the molecule is CCOC(=O)C1(N)CCCC1CCOc1ccc(F)cc1. The molecule has 0 aliphatic heterocycles. The molecule has 1 aromatic rings. The van der Waals surface area contributed by atoms with Crippen LogP contribution in [0.3, 0.4) is 0 Å². The van der Waals surface area contributed by atoms with Gasteiger partial charge in [-0.1, -0.05) is 6.42 Å². The highest BCUT2D eigenvalue weighted by molar-refractivity contribution is 5.81. The normalized spacial score (nSPS) is 24.8. The zero-order chi connectivity index (χ0) is 15.3. The molecule has 0 spiro atoms. The lowest BCUT2D eigenvalue weighted by Gasteiger charge is -2.28. The van der Waals surface area contributed by atoms with Crippen LogP contribution in [0.4, 0.5) is 4.39 Å². The minimum Gasteiger partial charge on any atom is -0.494 e. The summed E-state index contributed by atoms with van der Waals surface area (Å²) in [7, 11) is 0. The number of rotatable bonds is 6. The fourth-order valence-electron chi connectivity index (χ4n) is 2.89. The van der Waals surface area contributed by atoms with Crippen molar-refractivity contribution >= 4 is 5.97 Å². The second-order valence-electron chi connectivity index (χ2n) is 5.44.